The molecular formula is C15H15ClFN3O. The van der Waals surface area contributed by atoms with Gasteiger partial charge in [0.1, 0.15) is 5.75 Å². The summed E-state index contributed by atoms with van der Waals surface area (Å²) >= 11 is 5.66. The van der Waals surface area contributed by atoms with Gasteiger partial charge in [0.2, 0.25) is 0 Å². The number of benzene rings is 1. The van der Waals surface area contributed by atoms with Gasteiger partial charge in [0, 0.05) is 38.1 Å². The highest BCUT2D eigenvalue weighted by molar-refractivity contribution is 6.30. The Hall–Kier alpha value is -1.85. The smallest absolute Gasteiger partial charge is 0.255 e. The van der Waals surface area contributed by atoms with Crippen LogP contribution in [0.3, 0.4) is 0 Å². The third-order valence-electron chi connectivity index (χ3n) is 3.31. The van der Waals surface area contributed by atoms with Gasteiger partial charge in [-0.25, -0.2) is 9.37 Å². The van der Waals surface area contributed by atoms with Crippen molar-refractivity contribution in [2.45, 2.75) is 0 Å². The van der Waals surface area contributed by atoms with E-state index in [0.29, 0.717) is 5.75 Å². The maximum atomic E-state index is 13.6. The number of hydrogen-bond donors (Lipinski definition) is 1. The summed E-state index contributed by atoms with van der Waals surface area (Å²) in [6, 6.07) is 8.74. The van der Waals surface area contributed by atoms with E-state index in [1.807, 2.05) is 24.3 Å². The zero-order valence-electron chi connectivity index (χ0n) is 11.4. The molecule has 6 heteroatoms. The molecule has 21 heavy (non-hydrogen) atoms. The van der Waals surface area contributed by atoms with Crippen molar-refractivity contribution < 1.29 is 9.13 Å². The molecule has 1 N–H and O–H groups in total. The van der Waals surface area contributed by atoms with Crippen molar-refractivity contribution in [1.82, 2.24) is 10.3 Å². The molecule has 0 amide bonds. The lowest BCUT2D eigenvalue weighted by Crippen LogP contribution is -2.43. The van der Waals surface area contributed by atoms with Crippen molar-refractivity contribution in [3.63, 3.8) is 0 Å². The van der Waals surface area contributed by atoms with Crippen molar-refractivity contribution >= 4 is 17.3 Å². The molecule has 0 radical (unpaired) electrons. The molecular weight excluding hydrogens is 293 g/mol. The average molecular weight is 308 g/mol. The Labute approximate surface area is 127 Å². The Bertz CT molecular complexity index is 615. The number of rotatable bonds is 3. The van der Waals surface area contributed by atoms with Gasteiger partial charge in [-0.2, -0.15) is 0 Å². The molecule has 0 atom stereocenters. The SMILES string of the molecule is Fc1cc(Cl)cnc1Oc1ccc(N2CCNCC2)cc1. The van der Waals surface area contributed by atoms with Crippen LogP contribution < -0.4 is 15.0 Å². The highest BCUT2D eigenvalue weighted by Gasteiger charge is 2.11. The lowest BCUT2D eigenvalue weighted by atomic mass is 10.2. The van der Waals surface area contributed by atoms with Crippen LogP contribution in [0.4, 0.5) is 10.1 Å². The molecule has 1 saturated heterocycles. The Kier molecular flexibility index (Phi) is 4.22. The van der Waals surface area contributed by atoms with E-state index in [0.717, 1.165) is 31.9 Å². The molecule has 1 fully saturated rings. The summed E-state index contributed by atoms with van der Waals surface area (Å²) in [5.74, 6) is -0.106. The number of nitrogens with zero attached hydrogens (tertiary/aromatic N) is 2. The number of piperazine rings is 1. The van der Waals surface area contributed by atoms with E-state index in [9.17, 15) is 4.39 Å². The molecule has 0 unspecified atom stereocenters. The molecule has 2 heterocycles. The third-order valence-corrected chi connectivity index (χ3v) is 3.51. The van der Waals surface area contributed by atoms with Gasteiger partial charge < -0.3 is 15.0 Å². The number of hydrogen-bond acceptors (Lipinski definition) is 4. The number of anilines is 1. The topological polar surface area (TPSA) is 37.4 Å². The fraction of sp³-hybridized carbons (Fsp3) is 0.267. The Morgan fingerprint density at radius 1 is 1.19 bits per heavy atom. The Morgan fingerprint density at radius 2 is 1.90 bits per heavy atom. The number of nitrogens with one attached hydrogen (secondary N) is 1. The Morgan fingerprint density at radius 3 is 2.57 bits per heavy atom. The van der Waals surface area contributed by atoms with Gasteiger partial charge in [-0.3, -0.25) is 0 Å². The number of pyridine rings is 1. The predicted octanol–water partition coefficient (Wildman–Crippen LogP) is 3.08. The second-order valence-electron chi connectivity index (χ2n) is 4.77. The highest BCUT2D eigenvalue weighted by Crippen LogP contribution is 2.26. The molecule has 4 nitrogen and oxygen atoms in total. The van der Waals surface area contributed by atoms with Crippen LogP contribution in [0.25, 0.3) is 0 Å². The van der Waals surface area contributed by atoms with Crippen LogP contribution in [0.15, 0.2) is 36.5 Å². The van der Waals surface area contributed by atoms with Crippen molar-refractivity contribution in [1.29, 1.82) is 0 Å². The van der Waals surface area contributed by atoms with Crippen LogP contribution in [0.1, 0.15) is 0 Å². The van der Waals surface area contributed by atoms with Crippen LogP contribution >= 0.6 is 11.6 Å². The van der Waals surface area contributed by atoms with E-state index < -0.39 is 5.82 Å². The second kappa shape index (κ2) is 6.28. The van der Waals surface area contributed by atoms with E-state index in [4.69, 9.17) is 16.3 Å². The van der Waals surface area contributed by atoms with Crippen LogP contribution in [0.2, 0.25) is 5.02 Å². The van der Waals surface area contributed by atoms with E-state index in [1.165, 1.54) is 12.3 Å². The minimum absolute atomic E-state index is 0.0747. The quantitative estimate of drug-likeness (QED) is 0.945. The summed E-state index contributed by atoms with van der Waals surface area (Å²) < 4.78 is 19.0. The van der Waals surface area contributed by atoms with Crippen LogP contribution in [0.5, 0.6) is 11.6 Å². The molecule has 1 aromatic heterocycles. The molecule has 110 valence electrons. The first-order valence-corrected chi connectivity index (χ1v) is 7.15. The van der Waals surface area contributed by atoms with Crippen molar-refractivity contribution in [2.24, 2.45) is 0 Å². The molecule has 1 aliphatic rings. The zero-order valence-corrected chi connectivity index (χ0v) is 12.1. The van der Waals surface area contributed by atoms with Gasteiger partial charge in [-0.15, -0.1) is 0 Å². The summed E-state index contributed by atoms with van der Waals surface area (Å²) in [6.45, 7) is 3.93. The number of ether oxygens (including phenoxy) is 1. The molecule has 1 aromatic carbocycles. The highest BCUT2D eigenvalue weighted by atomic mass is 35.5. The maximum absolute atomic E-state index is 13.6. The van der Waals surface area contributed by atoms with E-state index in [2.05, 4.69) is 15.2 Å². The van der Waals surface area contributed by atoms with Gasteiger partial charge in [0.25, 0.3) is 5.88 Å². The summed E-state index contributed by atoms with van der Waals surface area (Å²) in [6.07, 6.45) is 1.36. The first kappa shape index (κ1) is 14.1. The van der Waals surface area contributed by atoms with Crippen molar-refractivity contribution in [3.05, 3.63) is 47.4 Å². The standard InChI is InChI=1S/C15H15ClFN3O/c16-11-9-14(17)15(19-10-11)21-13-3-1-12(2-4-13)20-7-5-18-6-8-20/h1-4,9-10,18H,5-8H2. The van der Waals surface area contributed by atoms with Gasteiger partial charge in [0.05, 0.1) is 5.02 Å². The third kappa shape index (κ3) is 3.43. The van der Waals surface area contributed by atoms with Crippen LogP contribution in [-0.4, -0.2) is 31.2 Å². The minimum atomic E-state index is -0.575. The largest absolute Gasteiger partial charge is 0.436 e. The van der Waals surface area contributed by atoms with Crippen LogP contribution in [0, 0.1) is 5.82 Å². The molecule has 0 bridgehead atoms. The molecule has 1 aliphatic heterocycles. The summed E-state index contributed by atoms with van der Waals surface area (Å²) in [4.78, 5) is 6.13. The lowest BCUT2D eigenvalue weighted by Gasteiger charge is -2.29. The van der Waals surface area contributed by atoms with Crippen molar-refractivity contribution in [3.8, 4) is 11.6 Å². The summed E-state index contributed by atoms with van der Waals surface area (Å²) in [5, 5.41) is 3.56. The first-order valence-electron chi connectivity index (χ1n) is 6.77. The second-order valence-corrected chi connectivity index (χ2v) is 5.21. The van der Waals surface area contributed by atoms with E-state index >= 15 is 0 Å². The first-order chi connectivity index (χ1) is 10.2. The van der Waals surface area contributed by atoms with Crippen molar-refractivity contribution in [2.75, 3.05) is 31.1 Å². The van der Waals surface area contributed by atoms with Gasteiger partial charge in [-0.05, 0) is 30.3 Å². The van der Waals surface area contributed by atoms with Crippen LogP contribution in [-0.2, 0) is 0 Å². The fourth-order valence-electron chi connectivity index (χ4n) is 2.24. The maximum Gasteiger partial charge on any atom is 0.255 e. The molecule has 2 aromatic rings. The Balaban J connectivity index is 1.71. The molecule has 0 aliphatic carbocycles. The summed E-state index contributed by atoms with van der Waals surface area (Å²) in [5.41, 5.74) is 1.13. The zero-order chi connectivity index (χ0) is 14.7. The number of aromatic nitrogens is 1. The van der Waals surface area contributed by atoms with Gasteiger partial charge in [-0.1, -0.05) is 11.6 Å². The van der Waals surface area contributed by atoms with E-state index in [-0.39, 0.29) is 10.9 Å². The normalized spacial score (nSPS) is 15.0. The molecule has 3 rings (SSSR count). The van der Waals surface area contributed by atoms with E-state index in [1.54, 1.807) is 0 Å². The fourth-order valence-corrected chi connectivity index (χ4v) is 2.38. The van der Waals surface area contributed by atoms with Gasteiger partial charge in [0.15, 0.2) is 5.82 Å². The molecule has 0 spiro atoms. The minimum Gasteiger partial charge on any atom is -0.436 e. The lowest BCUT2D eigenvalue weighted by molar-refractivity contribution is 0.423. The number of halogens is 2. The average Bonchev–Trinajstić information content (AvgIpc) is 2.52. The monoisotopic (exact) mass is 307 g/mol. The molecule has 0 saturated carbocycles. The summed E-state index contributed by atoms with van der Waals surface area (Å²) in [7, 11) is 0. The van der Waals surface area contributed by atoms with Gasteiger partial charge >= 0.3 is 0 Å². The predicted molar refractivity (Wildman–Crippen MR) is 80.8 cm³/mol.